The molecule has 0 unspecified atom stereocenters. The third-order valence-electron chi connectivity index (χ3n) is 3.88. The van der Waals surface area contributed by atoms with Crippen LogP contribution >= 0.6 is 0 Å². The highest BCUT2D eigenvalue weighted by Crippen LogP contribution is 2.24. The van der Waals surface area contributed by atoms with Crippen LogP contribution in [-0.2, 0) is 10.0 Å². The van der Waals surface area contributed by atoms with E-state index >= 15 is 0 Å². The normalized spacial score (nSPS) is 11.4. The van der Waals surface area contributed by atoms with Crippen LogP contribution in [0.25, 0.3) is 11.5 Å². The van der Waals surface area contributed by atoms with Crippen molar-refractivity contribution in [2.45, 2.75) is 4.90 Å². The van der Waals surface area contributed by atoms with Gasteiger partial charge in [0.1, 0.15) is 5.75 Å². The Labute approximate surface area is 162 Å². The lowest BCUT2D eigenvalue weighted by atomic mass is 10.2. The number of aromatic nitrogens is 2. The van der Waals surface area contributed by atoms with Crippen molar-refractivity contribution in [2.24, 2.45) is 0 Å². The molecule has 9 nitrogen and oxygen atoms in total. The molecule has 0 aliphatic carbocycles. The van der Waals surface area contributed by atoms with E-state index in [1.54, 1.807) is 36.4 Å². The minimum absolute atomic E-state index is 0.0871. The molecule has 1 aromatic heterocycles. The second kappa shape index (κ2) is 7.79. The molecule has 1 amide bonds. The second-order valence-electron chi connectivity index (χ2n) is 5.88. The van der Waals surface area contributed by atoms with Gasteiger partial charge in [-0.25, -0.2) is 12.7 Å². The summed E-state index contributed by atoms with van der Waals surface area (Å²) in [5.41, 5.74) is 0.839. The van der Waals surface area contributed by atoms with E-state index in [4.69, 9.17) is 9.15 Å². The number of anilines is 1. The Morgan fingerprint density at radius 1 is 1.07 bits per heavy atom. The molecule has 10 heteroatoms. The van der Waals surface area contributed by atoms with Gasteiger partial charge in [-0.3, -0.25) is 10.1 Å². The summed E-state index contributed by atoms with van der Waals surface area (Å²) in [6, 6.07) is 12.6. The Kier molecular flexibility index (Phi) is 5.43. The van der Waals surface area contributed by atoms with Crippen LogP contribution in [0.15, 0.2) is 57.8 Å². The summed E-state index contributed by atoms with van der Waals surface area (Å²) in [6.07, 6.45) is 0. The summed E-state index contributed by atoms with van der Waals surface area (Å²) in [7, 11) is 0.856. The number of para-hydroxylation sites is 1. The standard InChI is InChI=1S/C18H18N4O5S/c1-22(2)28(24,25)13-10-8-12(9-11-13)17-20-21-18(27-17)19-16(23)14-6-4-5-7-15(14)26-3/h4-11H,1-3H3,(H,19,21,23). The SMILES string of the molecule is COc1ccccc1C(=O)Nc1nnc(-c2ccc(S(=O)(=O)N(C)C)cc2)o1. The van der Waals surface area contributed by atoms with Gasteiger partial charge in [0, 0.05) is 19.7 Å². The van der Waals surface area contributed by atoms with E-state index in [-0.39, 0.29) is 16.8 Å². The number of ether oxygens (including phenoxy) is 1. The van der Waals surface area contributed by atoms with Gasteiger partial charge in [-0.05, 0) is 36.4 Å². The molecule has 0 spiro atoms. The monoisotopic (exact) mass is 402 g/mol. The Morgan fingerprint density at radius 3 is 2.39 bits per heavy atom. The van der Waals surface area contributed by atoms with Crippen LogP contribution in [-0.4, -0.2) is 50.0 Å². The van der Waals surface area contributed by atoms with Crippen molar-refractivity contribution in [3.8, 4) is 17.2 Å². The molecule has 0 bridgehead atoms. The molecule has 146 valence electrons. The first kappa shape index (κ1) is 19.5. The lowest BCUT2D eigenvalue weighted by Gasteiger charge is -2.11. The van der Waals surface area contributed by atoms with Crippen molar-refractivity contribution in [1.29, 1.82) is 0 Å². The topological polar surface area (TPSA) is 115 Å². The molecule has 28 heavy (non-hydrogen) atoms. The summed E-state index contributed by atoms with van der Waals surface area (Å²) < 4.78 is 36.0. The number of nitrogens with one attached hydrogen (secondary N) is 1. The third kappa shape index (κ3) is 3.87. The molecule has 1 N–H and O–H groups in total. The zero-order chi connectivity index (χ0) is 20.3. The van der Waals surface area contributed by atoms with Crippen molar-refractivity contribution in [1.82, 2.24) is 14.5 Å². The van der Waals surface area contributed by atoms with Crippen LogP contribution in [0.2, 0.25) is 0 Å². The van der Waals surface area contributed by atoms with Crippen molar-refractivity contribution in [3.05, 3.63) is 54.1 Å². The van der Waals surface area contributed by atoms with Gasteiger partial charge in [0.15, 0.2) is 0 Å². The maximum Gasteiger partial charge on any atom is 0.322 e. The Bertz CT molecular complexity index is 1090. The molecule has 0 fully saturated rings. The number of amides is 1. The van der Waals surface area contributed by atoms with Crippen molar-refractivity contribution >= 4 is 21.9 Å². The number of sulfonamides is 1. The predicted molar refractivity (Wildman–Crippen MR) is 102 cm³/mol. The Morgan fingerprint density at radius 2 is 1.75 bits per heavy atom. The van der Waals surface area contributed by atoms with Crippen LogP contribution in [0.3, 0.4) is 0 Å². The molecular formula is C18H18N4O5S. The molecule has 0 aliphatic rings. The fourth-order valence-electron chi connectivity index (χ4n) is 2.37. The highest BCUT2D eigenvalue weighted by atomic mass is 32.2. The van der Waals surface area contributed by atoms with Gasteiger partial charge in [-0.1, -0.05) is 17.2 Å². The summed E-state index contributed by atoms with van der Waals surface area (Å²) >= 11 is 0. The molecule has 0 aliphatic heterocycles. The highest BCUT2D eigenvalue weighted by molar-refractivity contribution is 7.89. The fraction of sp³-hybridized carbons (Fsp3) is 0.167. The van der Waals surface area contributed by atoms with E-state index in [2.05, 4.69) is 15.5 Å². The number of rotatable bonds is 6. The van der Waals surface area contributed by atoms with Crippen LogP contribution in [0.5, 0.6) is 5.75 Å². The van der Waals surface area contributed by atoms with Crippen molar-refractivity contribution in [2.75, 3.05) is 26.5 Å². The van der Waals surface area contributed by atoms with Gasteiger partial charge in [0.2, 0.25) is 15.9 Å². The predicted octanol–water partition coefficient (Wildman–Crippen LogP) is 2.25. The quantitative estimate of drug-likeness (QED) is 0.672. The van der Waals surface area contributed by atoms with Crippen LogP contribution < -0.4 is 10.1 Å². The minimum atomic E-state index is -3.53. The molecule has 3 rings (SSSR count). The summed E-state index contributed by atoms with van der Waals surface area (Å²) in [5.74, 6) is 0.0987. The van der Waals surface area contributed by atoms with Crippen molar-refractivity contribution < 1.29 is 22.4 Å². The third-order valence-corrected chi connectivity index (χ3v) is 5.71. The van der Waals surface area contributed by atoms with Crippen LogP contribution in [0, 0.1) is 0 Å². The molecule has 2 aromatic carbocycles. The van der Waals surface area contributed by atoms with E-state index in [9.17, 15) is 13.2 Å². The number of hydrogen-bond donors (Lipinski definition) is 1. The molecule has 0 saturated carbocycles. The Hall–Kier alpha value is -3.24. The van der Waals surface area contributed by atoms with Gasteiger partial charge in [-0.2, -0.15) is 0 Å². The summed E-state index contributed by atoms with van der Waals surface area (Å²) in [6.45, 7) is 0. The van der Waals surface area contributed by atoms with Crippen LogP contribution in [0.4, 0.5) is 6.01 Å². The van der Waals surface area contributed by atoms with Crippen LogP contribution in [0.1, 0.15) is 10.4 Å². The van der Waals surface area contributed by atoms with Gasteiger partial charge >= 0.3 is 6.01 Å². The lowest BCUT2D eigenvalue weighted by molar-refractivity contribution is 0.102. The highest BCUT2D eigenvalue weighted by Gasteiger charge is 2.19. The molecule has 0 radical (unpaired) electrons. The fourth-order valence-corrected chi connectivity index (χ4v) is 3.27. The van der Waals surface area contributed by atoms with E-state index in [0.29, 0.717) is 16.9 Å². The van der Waals surface area contributed by atoms with Gasteiger partial charge in [0.05, 0.1) is 17.6 Å². The Balaban J connectivity index is 1.78. The number of nitrogens with zero attached hydrogens (tertiary/aromatic N) is 3. The number of benzene rings is 2. The number of carbonyl (C=O) groups excluding carboxylic acids is 1. The average Bonchev–Trinajstić information content (AvgIpc) is 3.16. The molecule has 0 atom stereocenters. The first-order valence-electron chi connectivity index (χ1n) is 8.14. The zero-order valence-corrected chi connectivity index (χ0v) is 16.2. The van der Waals surface area contributed by atoms with Gasteiger partial charge in [-0.15, -0.1) is 5.10 Å². The smallest absolute Gasteiger partial charge is 0.322 e. The first-order chi connectivity index (χ1) is 13.3. The lowest BCUT2D eigenvalue weighted by Crippen LogP contribution is -2.22. The number of carbonyl (C=O) groups is 1. The first-order valence-corrected chi connectivity index (χ1v) is 9.58. The van der Waals surface area contributed by atoms with Gasteiger partial charge in [0.25, 0.3) is 5.91 Å². The number of hydrogen-bond acceptors (Lipinski definition) is 7. The number of methoxy groups -OCH3 is 1. The van der Waals surface area contributed by atoms with E-state index < -0.39 is 15.9 Å². The van der Waals surface area contributed by atoms with E-state index in [1.807, 2.05) is 0 Å². The molecule has 1 heterocycles. The molecule has 3 aromatic rings. The van der Waals surface area contributed by atoms with E-state index in [1.165, 1.54) is 33.3 Å². The van der Waals surface area contributed by atoms with E-state index in [0.717, 1.165) is 4.31 Å². The minimum Gasteiger partial charge on any atom is -0.496 e. The second-order valence-corrected chi connectivity index (χ2v) is 8.03. The molecule has 0 saturated heterocycles. The molecular weight excluding hydrogens is 384 g/mol. The van der Waals surface area contributed by atoms with Gasteiger partial charge < -0.3 is 9.15 Å². The summed E-state index contributed by atoms with van der Waals surface area (Å²) in [5, 5.41) is 10.2. The summed E-state index contributed by atoms with van der Waals surface area (Å²) in [4.78, 5) is 12.5. The largest absolute Gasteiger partial charge is 0.496 e. The maximum absolute atomic E-state index is 12.4. The maximum atomic E-state index is 12.4. The average molecular weight is 402 g/mol. The zero-order valence-electron chi connectivity index (χ0n) is 15.4. The van der Waals surface area contributed by atoms with Crippen molar-refractivity contribution in [3.63, 3.8) is 0 Å².